The van der Waals surface area contributed by atoms with Gasteiger partial charge in [0.2, 0.25) is 0 Å². The van der Waals surface area contributed by atoms with E-state index in [4.69, 9.17) is 21.1 Å². The molecule has 116 valence electrons. The summed E-state index contributed by atoms with van der Waals surface area (Å²) in [4.78, 5) is 15.4. The van der Waals surface area contributed by atoms with Crippen molar-refractivity contribution >= 4 is 17.6 Å². The van der Waals surface area contributed by atoms with Gasteiger partial charge in [-0.25, -0.2) is 4.98 Å². The van der Waals surface area contributed by atoms with Gasteiger partial charge < -0.3 is 9.52 Å². The van der Waals surface area contributed by atoms with Crippen LogP contribution in [0, 0.1) is 6.92 Å². The number of nitrogens with zero attached hydrogens (tertiary/aromatic N) is 1. The van der Waals surface area contributed by atoms with E-state index in [0.29, 0.717) is 17.3 Å². The molecule has 5 heteroatoms. The lowest BCUT2D eigenvalue weighted by molar-refractivity contribution is -0.136. The number of aromatic nitrogens is 1. The fourth-order valence-electron chi connectivity index (χ4n) is 2.96. The van der Waals surface area contributed by atoms with E-state index in [2.05, 4.69) is 17.1 Å². The van der Waals surface area contributed by atoms with Gasteiger partial charge in [0.15, 0.2) is 5.89 Å². The number of carbonyl (C=O) groups is 1. The average molecular weight is 320 g/mol. The highest BCUT2D eigenvalue weighted by Gasteiger charge is 2.22. The second-order valence-corrected chi connectivity index (χ2v) is 6.23. The molecule has 1 aromatic heterocycles. The van der Waals surface area contributed by atoms with E-state index in [-0.39, 0.29) is 6.42 Å². The Morgan fingerprint density at radius 1 is 1.36 bits per heavy atom. The molecule has 1 atom stereocenters. The monoisotopic (exact) mass is 319 g/mol. The normalized spacial score (nSPS) is 15.4. The smallest absolute Gasteiger partial charge is 0.322 e. The first kappa shape index (κ1) is 15.1. The summed E-state index contributed by atoms with van der Waals surface area (Å²) in [6.45, 7) is 1.76. The number of alkyl halides is 1. The summed E-state index contributed by atoms with van der Waals surface area (Å²) in [5.41, 5.74) is 4.44. The Bertz CT molecular complexity index is 708. The van der Waals surface area contributed by atoms with Gasteiger partial charge in [0.25, 0.3) is 0 Å². The minimum Gasteiger partial charge on any atom is -0.480 e. The lowest BCUT2D eigenvalue weighted by Crippen LogP contribution is -2.16. The van der Waals surface area contributed by atoms with Gasteiger partial charge >= 0.3 is 5.97 Å². The van der Waals surface area contributed by atoms with Gasteiger partial charge in [0.05, 0.1) is 0 Å². The van der Waals surface area contributed by atoms with E-state index in [1.807, 2.05) is 6.07 Å². The average Bonchev–Trinajstić information content (AvgIpc) is 2.87. The molecule has 1 N–H and O–H groups in total. The Morgan fingerprint density at radius 2 is 2.09 bits per heavy atom. The molecule has 0 amide bonds. The van der Waals surface area contributed by atoms with Crippen LogP contribution < -0.4 is 0 Å². The van der Waals surface area contributed by atoms with Crippen molar-refractivity contribution in [2.75, 3.05) is 0 Å². The van der Waals surface area contributed by atoms with Gasteiger partial charge in [0, 0.05) is 18.9 Å². The summed E-state index contributed by atoms with van der Waals surface area (Å²) in [5, 5.41) is 7.97. The molecule has 2 aromatic rings. The van der Waals surface area contributed by atoms with Crippen molar-refractivity contribution in [3.05, 3.63) is 41.0 Å². The molecule has 3 rings (SSSR count). The first-order valence-corrected chi connectivity index (χ1v) is 7.93. The Hall–Kier alpha value is -1.81. The number of oxazole rings is 1. The first-order valence-electron chi connectivity index (χ1n) is 7.50. The fraction of sp³-hybridized carbons (Fsp3) is 0.412. The Balaban J connectivity index is 1.96. The maximum absolute atomic E-state index is 11.0. The van der Waals surface area contributed by atoms with Crippen molar-refractivity contribution in [2.45, 2.75) is 44.4 Å². The molecule has 1 aliphatic rings. The molecule has 0 radical (unpaired) electrons. The highest BCUT2D eigenvalue weighted by molar-refractivity contribution is 6.29. The summed E-state index contributed by atoms with van der Waals surface area (Å²) in [6, 6.07) is 6.33. The topological polar surface area (TPSA) is 63.3 Å². The quantitative estimate of drug-likeness (QED) is 0.871. The molecule has 0 fully saturated rings. The van der Waals surface area contributed by atoms with E-state index in [9.17, 15) is 4.79 Å². The molecule has 4 nitrogen and oxygen atoms in total. The van der Waals surface area contributed by atoms with E-state index in [1.165, 1.54) is 24.0 Å². The van der Waals surface area contributed by atoms with Crippen LogP contribution in [0.4, 0.5) is 0 Å². The Kier molecular flexibility index (Phi) is 4.21. The van der Waals surface area contributed by atoms with Crippen molar-refractivity contribution in [2.24, 2.45) is 0 Å². The Morgan fingerprint density at radius 3 is 2.82 bits per heavy atom. The van der Waals surface area contributed by atoms with Gasteiger partial charge in [-0.1, -0.05) is 12.1 Å². The minimum atomic E-state index is -1.05. The fourth-order valence-corrected chi connectivity index (χ4v) is 3.10. The largest absolute Gasteiger partial charge is 0.480 e. The molecule has 0 spiro atoms. The highest BCUT2D eigenvalue weighted by Crippen LogP contribution is 2.30. The number of hydrogen-bond acceptors (Lipinski definition) is 3. The number of aryl methyl sites for hydroxylation is 3. The molecule has 22 heavy (non-hydrogen) atoms. The zero-order valence-electron chi connectivity index (χ0n) is 12.4. The summed E-state index contributed by atoms with van der Waals surface area (Å²) >= 11 is 5.85. The maximum atomic E-state index is 11.0. The van der Waals surface area contributed by atoms with Gasteiger partial charge in [-0.15, -0.1) is 11.6 Å². The molecular weight excluding hydrogens is 302 g/mol. The Labute approximate surface area is 134 Å². The van der Waals surface area contributed by atoms with Crippen LogP contribution in [0.25, 0.3) is 11.3 Å². The molecule has 1 heterocycles. The van der Waals surface area contributed by atoms with E-state index >= 15 is 0 Å². The number of fused-ring (bicyclic) bond motifs is 1. The lowest BCUT2D eigenvalue weighted by atomic mass is 9.89. The van der Waals surface area contributed by atoms with Gasteiger partial charge in [-0.3, -0.25) is 4.79 Å². The second kappa shape index (κ2) is 6.13. The van der Waals surface area contributed by atoms with Crippen molar-refractivity contribution in [1.29, 1.82) is 0 Å². The van der Waals surface area contributed by atoms with E-state index < -0.39 is 11.3 Å². The van der Waals surface area contributed by atoms with Gasteiger partial charge in [-0.2, -0.15) is 0 Å². The summed E-state index contributed by atoms with van der Waals surface area (Å²) in [6.07, 6.45) is 4.80. The molecule has 1 aromatic carbocycles. The third-order valence-corrected chi connectivity index (χ3v) is 4.40. The van der Waals surface area contributed by atoms with Crippen LogP contribution in [0.15, 0.2) is 22.6 Å². The minimum absolute atomic E-state index is 0.129. The molecule has 0 saturated carbocycles. The zero-order chi connectivity index (χ0) is 15.7. The molecule has 0 aliphatic heterocycles. The maximum Gasteiger partial charge on any atom is 0.322 e. The van der Waals surface area contributed by atoms with Crippen LogP contribution in [0.3, 0.4) is 0 Å². The van der Waals surface area contributed by atoms with Crippen LogP contribution in [0.5, 0.6) is 0 Å². The van der Waals surface area contributed by atoms with Crippen LogP contribution >= 0.6 is 11.6 Å². The number of benzene rings is 1. The van der Waals surface area contributed by atoms with E-state index in [1.54, 1.807) is 6.92 Å². The van der Waals surface area contributed by atoms with Crippen LogP contribution in [0.1, 0.15) is 35.6 Å². The van der Waals surface area contributed by atoms with Crippen LogP contribution in [0.2, 0.25) is 0 Å². The molecule has 1 unspecified atom stereocenters. The van der Waals surface area contributed by atoms with Crippen molar-refractivity contribution in [1.82, 2.24) is 4.98 Å². The van der Waals surface area contributed by atoms with Crippen molar-refractivity contribution in [3.8, 4) is 11.3 Å². The number of aliphatic carboxylic acids is 1. The number of rotatable bonds is 4. The van der Waals surface area contributed by atoms with Gasteiger partial charge in [0.1, 0.15) is 16.8 Å². The van der Waals surface area contributed by atoms with Gasteiger partial charge in [-0.05, 0) is 42.9 Å². The predicted molar refractivity (Wildman–Crippen MR) is 84.3 cm³/mol. The second-order valence-electron chi connectivity index (χ2n) is 5.71. The molecular formula is C17H18ClNO3. The summed E-state index contributed by atoms with van der Waals surface area (Å²) in [7, 11) is 0. The summed E-state index contributed by atoms with van der Waals surface area (Å²) < 4.78 is 5.58. The third kappa shape index (κ3) is 3.02. The van der Waals surface area contributed by atoms with Crippen LogP contribution in [-0.2, 0) is 24.1 Å². The third-order valence-electron chi connectivity index (χ3n) is 4.06. The molecule has 1 aliphatic carbocycles. The predicted octanol–water partition coefficient (Wildman–Crippen LogP) is 3.76. The number of carboxylic acids is 1. The molecule has 0 bridgehead atoms. The zero-order valence-corrected chi connectivity index (χ0v) is 13.2. The number of carboxylic acid groups (broad SMARTS) is 1. The summed E-state index contributed by atoms with van der Waals surface area (Å²) in [5.74, 6) is 0.0137. The highest BCUT2D eigenvalue weighted by atomic mass is 35.5. The standard InChI is InChI=1S/C17H18ClNO3/c1-10-19-16(15(22-10)9-14(18)17(20)21)13-7-6-11-4-2-3-5-12(11)8-13/h6-8,14H,2-5,9H2,1H3,(H,20,21). The SMILES string of the molecule is Cc1nc(-c2ccc3c(c2)CCCC3)c(CC(Cl)C(=O)O)o1. The van der Waals surface area contributed by atoms with Crippen molar-refractivity contribution in [3.63, 3.8) is 0 Å². The molecule has 0 saturated heterocycles. The van der Waals surface area contributed by atoms with Crippen LogP contribution in [-0.4, -0.2) is 21.4 Å². The van der Waals surface area contributed by atoms with E-state index in [0.717, 1.165) is 18.4 Å². The number of halogens is 1. The number of hydrogen-bond donors (Lipinski definition) is 1. The van der Waals surface area contributed by atoms with Crippen molar-refractivity contribution < 1.29 is 14.3 Å². The first-order chi connectivity index (χ1) is 10.5. The lowest BCUT2D eigenvalue weighted by Gasteiger charge is -2.16.